The Labute approximate surface area is 152 Å². The van der Waals surface area contributed by atoms with E-state index in [0.29, 0.717) is 24.7 Å². The van der Waals surface area contributed by atoms with Gasteiger partial charge in [-0.05, 0) is 31.5 Å². The Balaban J connectivity index is 0.00000264. The molecule has 5 nitrogen and oxygen atoms in total. The first-order valence-corrected chi connectivity index (χ1v) is 6.94. The molecule has 0 radical (unpaired) electrons. The Kier molecular flexibility index (Phi) is 7.21. The molecule has 0 saturated heterocycles. The van der Waals surface area contributed by atoms with E-state index in [4.69, 9.17) is 5.73 Å². The van der Waals surface area contributed by atoms with Gasteiger partial charge in [-0.1, -0.05) is 18.2 Å². The highest BCUT2D eigenvalue weighted by molar-refractivity contribution is 14.0. The van der Waals surface area contributed by atoms with E-state index in [1.165, 1.54) is 6.07 Å². The highest BCUT2D eigenvalue weighted by atomic mass is 127. The van der Waals surface area contributed by atoms with Gasteiger partial charge in [0.2, 0.25) is 0 Å². The van der Waals surface area contributed by atoms with Crippen LogP contribution in [0.3, 0.4) is 0 Å². The Hall–Kier alpha value is -1.90. The third kappa shape index (κ3) is 5.34. The Morgan fingerprint density at radius 3 is 2.78 bits per heavy atom. The molecule has 0 aliphatic carbocycles. The molecule has 0 saturated carbocycles. The number of aryl methyl sites for hydroxylation is 1. The molecule has 0 aliphatic heterocycles. The second-order valence-electron chi connectivity index (χ2n) is 5.14. The number of halogens is 2. The zero-order valence-corrected chi connectivity index (χ0v) is 15.5. The van der Waals surface area contributed by atoms with Crippen molar-refractivity contribution >= 4 is 29.9 Å². The number of nitrogens with two attached hydrogens (primary N) is 1. The fraction of sp³-hybridized carbons (Fsp3) is 0.250. The molecule has 0 atom stereocenters. The number of aliphatic imine (C=N–C) groups is 1. The largest absolute Gasteiger partial charge is 0.370 e. The molecule has 0 aliphatic rings. The van der Waals surface area contributed by atoms with Crippen molar-refractivity contribution in [3.8, 4) is 5.69 Å². The quantitative estimate of drug-likeness (QED) is 0.333. The number of rotatable bonds is 5. The molecule has 23 heavy (non-hydrogen) atoms. The van der Waals surface area contributed by atoms with Crippen molar-refractivity contribution in [3.05, 3.63) is 59.9 Å². The van der Waals surface area contributed by atoms with Crippen molar-refractivity contribution in [2.45, 2.75) is 20.4 Å². The van der Waals surface area contributed by atoms with Gasteiger partial charge in [-0.15, -0.1) is 24.0 Å². The predicted octanol–water partition coefficient (Wildman–Crippen LogP) is 2.92. The zero-order chi connectivity index (χ0) is 16.1. The lowest BCUT2D eigenvalue weighted by atomic mass is 10.2. The van der Waals surface area contributed by atoms with E-state index in [1.54, 1.807) is 23.0 Å². The van der Waals surface area contributed by atoms with Crippen LogP contribution in [-0.2, 0) is 6.54 Å². The van der Waals surface area contributed by atoms with Crippen LogP contribution in [0.25, 0.3) is 5.69 Å². The van der Waals surface area contributed by atoms with Gasteiger partial charge in [0.25, 0.3) is 0 Å². The van der Waals surface area contributed by atoms with E-state index >= 15 is 0 Å². The number of nitrogens with zero attached hydrogens (tertiary/aromatic N) is 3. The molecular formula is C16H21FIN5. The molecule has 1 aromatic carbocycles. The fourth-order valence-electron chi connectivity index (χ4n) is 1.95. The summed E-state index contributed by atoms with van der Waals surface area (Å²) < 4.78 is 15.9. The lowest BCUT2D eigenvalue weighted by molar-refractivity contribution is 0.614. The van der Waals surface area contributed by atoms with Crippen molar-refractivity contribution in [2.75, 3.05) is 6.54 Å². The molecule has 0 bridgehead atoms. The van der Waals surface area contributed by atoms with Crippen molar-refractivity contribution in [3.63, 3.8) is 0 Å². The van der Waals surface area contributed by atoms with Crippen LogP contribution in [0.1, 0.15) is 18.3 Å². The summed E-state index contributed by atoms with van der Waals surface area (Å²) in [5, 5.41) is 2.93. The Morgan fingerprint density at radius 2 is 2.22 bits per heavy atom. The summed E-state index contributed by atoms with van der Waals surface area (Å²) in [7, 11) is 0. The Morgan fingerprint density at radius 1 is 1.48 bits per heavy atom. The standard InChI is InChI=1S/C16H20FN5.HI/c1-11(2)9-20-16(18)21-10-13-4-5-15(14(17)8-13)22-7-6-19-12(22)3;/h4-8H,1,9-10H2,2-3H3,(H3,18,20,21);1H. The summed E-state index contributed by atoms with van der Waals surface area (Å²) in [5.74, 6) is 0.734. The molecular weight excluding hydrogens is 408 g/mol. The number of imidazole rings is 1. The number of hydrogen-bond acceptors (Lipinski definition) is 2. The van der Waals surface area contributed by atoms with Crippen LogP contribution >= 0.6 is 24.0 Å². The summed E-state index contributed by atoms with van der Waals surface area (Å²) in [6.07, 6.45) is 3.37. The highest BCUT2D eigenvalue weighted by Crippen LogP contribution is 2.17. The second-order valence-corrected chi connectivity index (χ2v) is 5.14. The van der Waals surface area contributed by atoms with Gasteiger partial charge in [-0.2, -0.15) is 0 Å². The minimum Gasteiger partial charge on any atom is -0.370 e. The van der Waals surface area contributed by atoms with Crippen LogP contribution in [0.15, 0.2) is 47.7 Å². The van der Waals surface area contributed by atoms with Crippen LogP contribution in [0.2, 0.25) is 0 Å². The maximum absolute atomic E-state index is 14.2. The molecule has 2 rings (SSSR count). The SMILES string of the molecule is C=C(C)CNC(N)=NCc1ccc(-n2ccnc2C)c(F)c1.I. The number of aromatic nitrogens is 2. The first-order valence-electron chi connectivity index (χ1n) is 6.94. The number of hydrogen-bond donors (Lipinski definition) is 2. The van der Waals surface area contributed by atoms with Crippen molar-refractivity contribution < 1.29 is 4.39 Å². The topological polar surface area (TPSA) is 68.2 Å². The molecule has 1 aromatic heterocycles. The number of guanidine groups is 1. The van der Waals surface area contributed by atoms with Crippen LogP contribution < -0.4 is 11.1 Å². The van der Waals surface area contributed by atoms with Crippen molar-refractivity contribution in [1.82, 2.24) is 14.9 Å². The third-order valence-electron chi connectivity index (χ3n) is 3.10. The van der Waals surface area contributed by atoms with E-state index in [-0.39, 0.29) is 29.8 Å². The summed E-state index contributed by atoms with van der Waals surface area (Å²) in [5.41, 5.74) is 7.91. The van der Waals surface area contributed by atoms with Gasteiger partial charge in [-0.3, -0.25) is 0 Å². The summed E-state index contributed by atoms with van der Waals surface area (Å²) in [4.78, 5) is 8.27. The highest BCUT2D eigenvalue weighted by Gasteiger charge is 2.07. The van der Waals surface area contributed by atoms with Gasteiger partial charge < -0.3 is 15.6 Å². The molecule has 1 heterocycles. The van der Waals surface area contributed by atoms with E-state index in [1.807, 2.05) is 19.9 Å². The first-order chi connectivity index (χ1) is 10.5. The Bertz CT molecular complexity index is 708. The molecule has 0 amide bonds. The van der Waals surface area contributed by atoms with E-state index in [9.17, 15) is 4.39 Å². The number of benzene rings is 1. The summed E-state index contributed by atoms with van der Waals surface area (Å²) in [6, 6.07) is 5.00. The van der Waals surface area contributed by atoms with Gasteiger partial charge in [0.05, 0.1) is 12.2 Å². The lowest BCUT2D eigenvalue weighted by Gasteiger charge is -2.08. The van der Waals surface area contributed by atoms with Crippen molar-refractivity contribution in [2.24, 2.45) is 10.7 Å². The minimum absolute atomic E-state index is 0. The van der Waals surface area contributed by atoms with Crippen LogP contribution in [0.5, 0.6) is 0 Å². The molecule has 3 N–H and O–H groups in total. The molecule has 2 aromatic rings. The zero-order valence-electron chi connectivity index (χ0n) is 13.2. The average molecular weight is 429 g/mol. The van der Waals surface area contributed by atoms with Crippen LogP contribution in [0, 0.1) is 12.7 Å². The number of nitrogens with one attached hydrogen (secondary N) is 1. The fourth-order valence-corrected chi connectivity index (χ4v) is 1.95. The van der Waals surface area contributed by atoms with Crippen molar-refractivity contribution in [1.29, 1.82) is 0 Å². The average Bonchev–Trinajstić information content (AvgIpc) is 2.89. The van der Waals surface area contributed by atoms with Gasteiger partial charge in [0.15, 0.2) is 5.96 Å². The van der Waals surface area contributed by atoms with Gasteiger partial charge >= 0.3 is 0 Å². The maximum Gasteiger partial charge on any atom is 0.189 e. The van der Waals surface area contributed by atoms with Gasteiger partial charge in [0.1, 0.15) is 11.6 Å². The maximum atomic E-state index is 14.2. The molecule has 124 valence electrons. The van der Waals surface area contributed by atoms with Crippen LogP contribution in [-0.4, -0.2) is 22.1 Å². The van der Waals surface area contributed by atoms with Gasteiger partial charge in [0, 0.05) is 18.9 Å². The van der Waals surface area contributed by atoms with Crippen LogP contribution in [0.4, 0.5) is 4.39 Å². The van der Waals surface area contributed by atoms with Gasteiger partial charge in [-0.25, -0.2) is 14.4 Å². The first kappa shape index (κ1) is 19.1. The normalized spacial score (nSPS) is 11.0. The molecule has 0 unspecified atom stereocenters. The predicted molar refractivity (Wildman–Crippen MR) is 102 cm³/mol. The van der Waals surface area contributed by atoms with E-state index in [0.717, 1.165) is 17.0 Å². The molecule has 7 heteroatoms. The smallest absolute Gasteiger partial charge is 0.189 e. The summed E-state index contributed by atoms with van der Waals surface area (Å²) in [6.45, 7) is 8.37. The molecule has 0 fully saturated rings. The minimum atomic E-state index is -0.317. The lowest BCUT2D eigenvalue weighted by Crippen LogP contribution is -2.32. The molecule has 0 spiro atoms. The summed E-state index contributed by atoms with van der Waals surface area (Å²) >= 11 is 0. The monoisotopic (exact) mass is 429 g/mol. The third-order valence-corrected chi connectivity index (χ3v) is 3.10. The second kappa shape index (κ2) is 8.66. The van der Waals surface area contributed by atoms with E-state index < -0.39 is 0 Å². The van der Waals surface area contributed by atoms with E-state index in [2.05, 4.69) is 21.9 Å².